The van der Waals surface area contributed by atoms with Gasteiger partial charge in [-0.05, 0) is 25.8 Å². The topological polar surface area (TPSA) is 17.8 Å². The summed E-state index contributed by atoms with van der Waals surface area (Å²) in [6.45, 7) is 2.05. The average Bonchev–Trinajstić information content (AvgIpc) is 2.55. The number of hydrogen-bond donors (Lipinski definition) is 0. The van der Waals surface area contributed by atoms with Crippen LogP contribution in [-0.4, -0.2) is 9.78 Å². The van der Waals surface area contributed by atoms with Gasteiger partial charge in [0, 0.05) is 6.20 Å². The van der Waals surface area contributed by atoms with E-state index in [0.717, 1.165) is 5.69 Å². The summed E-state index contributed by atoms with van der Waals surface area (Å²) < 4.78 is 2.13. The standard InChI is InChI=1S/C9H14N2/c1-8-6-7-11(10-8)9-4-2-3-5-9/h6-7,9H,2-5H2,1H3. The second-order valence-corrected chi connectivity index (χ2v) is 3.38. The molecule has 1 aliphatic rings. The lowest BCUT2D eigenvalue weighted by Crippen LogP contribution is -2.04. The summed E-state index contributed by atoms with van der Waals surface area (Å²) in [5, 5.41) is 4.41. The molecule has 60 valence electrons. The van der Waals surface area contributed by atoms with Gasteiger partial charge in [-0.1, -0.05) is 12.8 Å². The number of aromatic nitrogens is 2. The molecule has 11 heavy (non-hydrogen) atoms. The maximum Gasteiger partial charge on any atom is 0.0593 e. The molecule has 0 amide bonds. The SMILES string of the molecule is Cc1ccn(C2CCCC2)n1. The van der Waals surface area contributed by atoms with Crippen molar-refractivity contribution >= 4 is 0 Å². The number of hydrogen-bond acceptors (Lipinski definition) is 1. The van der Waals surface area contributed by atoms with Crippen molar-refractivity contribution in [1.29, 1.82) is 0 Å². The average molecular weight is 150 g/mol. The van der Waals surface area contributed by atoms with Gasteiger partial charge in [0.25, 0.3) is 0 Å². The molecule has 0 saturated heterocycles. The largest absolute Gasteiger partial charge is 0.269 e. The summed E-state index contributed by atoms with van der Waals surface area (Å²) in [6, 6.07) is 2.78. The summed E-state index contributed by atoms with van der Waals surface area (Å²) in [4.78, 5) is 0. The zero-order valence-electron chi connectivity index (χ0n) is 6.95. The molecule has 0 unspecified atom stereocenters. The van der Waals surface area contributed by atoms with Gasteiger partial charge in [0.15, 0.2) is 0 Å². The summed E-state index contributed by atoms with van der Waals surface area (Å²) in [5.41, 5.74) is 1.14. The molecule has 1 heterocycles. The highest BCUT2D eigenvalue weighted by atomic mass is 15.3. The molecule has 0 spiro atoms. The fourth-order valence-electron chi connectivity index (χ4n) is 1.81. The van der Waals surface area contributed by atoms with E-state index < -0.39 is 0 Å². The van der Waals surface area contributed by atoms with Crippen LogP contribution in [0.25, 0.3) is 0 Å². The first-order valence-corrected chi connectivity index (χ1v) is 4.38. The van der Waals surface area contributed by atoms with Gasteiger partial charge in [-0.25, -0.2) is 0 Å². The monoisotopic (exact) mass is 150 g/mol. The van der Waals surface area contributed by atoms with Crippen LogP contribution in [0, 0.1) is 6.92 Å². The molecule has 0 N–H and O–H groups in total. The van der Waals surface area contributed by atoms with Gasteiger partial charge in [0.2, 0.25) is 0 Å². The van der Waals surface area contributed by atoms with Gasteiger partial charge in [0.1, 0.15) is 0 Å². The van der Waals surface area contributed by atoms with Crippen LogP contribution in [0.5, 0.6) is 0 Å². The maximum atomic E-state index is 4.41. The lowest BCUT2D eigenvalue weighted by Gasteiger charge is -2.08. The fraction of sp³-hybridized carbons (Fsp3) is 0.667. The zero-order valence-corrected chi connectivity index (χ0v) is 6.95. The van der Waals surface area contributed by atoms with E-state index in [1.807, 2.05) is 6.92 Å². The summed E-state index contributed by atoms with van der Waals surface area (Å²) in [6.07, 6.45) is 7.50. The minimum absolute atomic E-state index is 0.698. The molecule has 2 heteroatoms. The molecule has 0 bridgehead atoms. The summed E-state index contributed by atoms with van der Waals surface area (Å²) in [5.74, 6) is 0. The van der Waals surface area contributed by atoms with E-state index in [1.54, 1.807) is 0 Å². The molecular formula is C9H14N2. The van der Waals surface area contributed by atoms with Crippen LogP contribution < -0.4 is 0 Å². The van der Waals surface area contributed by atoms with Crippen molar-refractivity contribution in [3.8, 4) is 0 Å². The van der Waals surface area contributed by atoms with Crippen molar-refractivity contribution in [2.45, 2.75) is 38.6 Å². The van der Waals surface area contributed by atoms with Crippen LogP contribution in [0.3, 0.4) is 0 Å². The highest BCUT2D eigenvalue weighted by Gasteiger charge is 2.16. The number of rotatable bonds is 1. The predicted octanol–water partition coefficient (Wildman–Crippen LogP) is 2.31. The molecule has 0 radical (unpaired) electrons. The van der Waals surface area contributed by atoms with Crippen LogP contribution >= 0.6 is 0 Å². The van der Waals surface area contributed by atoms with Crippen LogP contribution in [-0.2, 0) is 0 Å². The normalized spacial score (nSPS) is 19.4. The molecule has 2 rings (SSSR count). The van der Waals surface area contributed by atoms with Crippen molar-refractivity contribution < 1.29 is 0 Å². The molecule has 0 aromatic carbocycles. The van der Waals surface area contributed by atoms with Crippen LogP contribution in [0.2, 0.25) is 0 Å². The van der Waals surface area contributed by atoms with Crippen LogP contribution in [0.15, 0.2) is 12.3 Å². The third-order valence-electron chi connectivity index (χ3n) is 2.44. The highest BCUT2D eigenvalue weighted by molar-refractivity contribution is 4.96. The van der Waals surface area contributed by atoms with Crippen molar-refractivity contribution in [1.82, 2.24) is 9.78 Å². The Morgan fingerprint density at radius 3 is 2.73 bits per heavy atom. The third kappa shape index (κ3) is 1.30. The van der Waals surface area contributed by atoms with E-state index in [9.17, 15) is 0 Å². The van der Waals surface area contributed by atoms with Crippen molar-refractivity contribution in [2.75, 3.05) is 0 Å². The molecule has 1 aromatic heterocycles. The zero-order chi connectivity index (χ0) is 7.68. The molecule has 1 aliphatic carbocycles. The Hall–Kier alpha value is -0.790. The molecule has 0 atom stereocenters. The Balaban J connectivity index is 2.15. The molecule has 1 saturated carbocycles. The quantitative estimate of drug-likeness (QED) is 0.600. The van der Waals surface area contributed by atoms with Gasteiger partial charge in [-0.3, -0.25) is 4.68 Å². The van der Waals surface area contributed by atoms with Crippen LogP contribution in [0.1, 0.15) is 37.4 Å². The Labute approximate surface area is 67.2 Å². The second kappa shape index (κ2) is 2.68. The molecule has 1 fully saturated rings. The second-order valence-electron chi connectivity index (χ2n) is 3.38. The van der Waals surface area contributed by atoms with E-state index in [-0.39, 0.29) is 0 Å². The Kier molecular flexibility index (Phi) is 1.68. The van der Waals surface area contributed by atoms with Crippen molar-refractivity contribution in [3.05, 3.63) is 18.0 Å². The smallest absolute Gasteiger partial charge is 0.0593 e. The van der Waals surface area contributed by atoms with Crippen molar-refractivity contribution in [3.63, 3.8) is 0 Å². The fourth-order valence-corrected chi connectivity index (χ4v) is 1.81. The predicted molar refractivity (Wildman–Crippen MR) is 44.5 cm³/mol. The first-order chi connectivity index (χ1) is 5.36. The Morgan fingerprint density at radius 2 is 2.18 bits per heavy atom. The van der Waals surface area contributed by atoms with Gasteiger partial charge >= 0.3 is 0 Å². The molecule has 2 nitrogen and oxygen atoms in total. The first kappa shape index (κ1) is 6.89. The molecular weight excluding hydrogens is 136 g/mol. The van der Waals surface area contributed by atoms with E-state index in [0.29, 0.717) is 6.04 Å². The lowest BCUT2D eigenvalue weighted by atomic mass is 10.3. The minimum Gasteiger partial charge on any atom is -0.269 e. The van der Waals surface area contributed by atoms with Gasteiger partial charge < -0.3 is 0 Å². The highest BCUT2D eigenvalue weighted by Crippen LogP contribution is 2.28. The minimum atomic E-state index is 0.698. The number of aryl methyl sites for hydroxylation is 1. The number of nitrogens with zero attached hydrogens (tertiary/aromatic N) is 2. The van der Waals surface area contributed by atoms with Gasteiger partial charge in [-0.2, -0.15) is 5.10 Å². The van der Waals surface area contributed by atoms with Crippen molar-refractivity contribution in [2.24, 2.45) is 0 Å². The molecule has 1 aromatic rings. The van der Waals surface area contributed by atoms with Crippen LogP contribution in [0.4, 0.5) is 0 Å². The summed E-state index contributed by atoms with van der Waals surface area (Å²) >= 11 is 0. The lowest BCUT2D eigenvalue weighted by molar-refractivity contribution is 0.464. The van der Waals surface area contributed by atoms with E-state index in [1.165, 1.54) is 25.7 Å². The van der Waals surface area contributed by atoms with Gasteiger partial charge in [-0.15, -0.1) is 0 Å². The Morgan fingerprint density at radius 1 is 1.45 bits per heavy atom. The maximum absolute atomic E-state index is 4.41. The molecule has 0 aliphatic heterocycles. The van der Waals surface area contributed by atoms with Gasteiger partial charge in [0.05, 0.1) is 11.7 Å². The third-order valence-corrected chi connectivity index (χ3v) is 2.44. The summed E-state index contributed by atoms with van der Waals surface area (Å²) in [7, 11) is 0. The van der Waals surface area contributed by atoms with E-state index in [4.69, 9.17) is 0 Å². The van der Waals surface area contributed by atoms with E-state index in [2.05, 4.69) is 22.0 Å². The first-order valence-electron chi connectivity index (χ1n) is 4.38. The van der Waals surface area contributed by atoms with E-state index >= 15 is 0 Å². The Bertz CT molecular complexity index is 233.